The van der Waals surface area contributed by atoms with Gasteiger partial charge >= 0.3 is 5.82 Å². The average molecular weight is 250 g/mol. The number of nitrogens with zero attached hydrogens (tertiary/aromatic N) is 4. The molecule has 2 aromatic heterocycles. The van der Waals surface area contributed by atoms with Gasteiger partial charge in [-0.2, -0.15) is 5.10 Å². The molecule has 0 bridgehead atoms. The number of aromatic amines is 1. The lowest BCUT2D eigenvalue weighted by Crippen LogP contribution is -2.25. The molecular formula is C9H10N6O3. The summed E-state index contributed by atoms with van der Waals surface area (Å²) < 4.78 is 1.22. The highest BCUT2D eigenvalue weighted by Crippen LogP contribution is 2.14. The van der Waals surface area contributed by atoms with E-state index in [-0.39, 0.29) is 18.1 Å². The van der Waals surface area contributed by atoms with Gasteiger partial charge in [-0.3, -0.25) is 9.89 Å². The van der Waals surface area contributed by atoms with Gasteiger partial charge in [0.1, 0.15) is 12.2 Å². The molecule has 0 saturated heterocycles. The average Bonchev–Trinajstić information content (AvgIpc) is 2.94. The quantitative estimate of drug-likeness (QED) is 0.583. The Hall–Kier alpha value is -2.71. The van der Waals surface area contributed by atoms with Gasteiger partial charge in [0.05, 0.1) is 13.6 Å². The Balaban J connectivity index is 2.07. The molecule has 0 aliphatic carbocycles. The van der Waals surface area contributed by atoms with Gasteiger partial charge in [-0.15, -0.1) is 0 Å². The predicted octanol–water partition coefficient (Wildman–Crippen LogP) is -0.0186. The molecule has 0 unspecified atom stereocenters. The van der Waals surface area contributed by atoms with E-state index in [1.165, 1.54) is 30.1 Å². The molecule has 9 nitrogen and oxygen atoms in total. The largest absolute Gasteiger partial charge is 0.358 e. The van der Waals surface area contributed by atoms with E-state index < -0.39 is 10.8 Å². The van der Waals surface area contributed by atoms with Crippen molar-refractivity contribution in [1.29, 1.82) is 0 Å². The molecule has 0 aliphatic heterocycles. The zero-order valence-corrected chi connectivity index (χ0v) is 9.45. The first-order valence-corrected chi connectivity index (χ1v) is 5.02. The maximum atomic E-state index is 11.8. The number of carbonyl (C=O) groups is 1. The maximum absolute atomic E-state index is 11.8. The van der Waals surface area contributed by atoms with E-state index in [0.29, 0.717) is 5.82 Å². The first-order chi connectivity index (χ1) is 8.59. The molecule has 0 spiro atoms. The zero-order chi connectivity index (χ0) is 13.1. The van der Waals surface area contributed by atoms with E-state index in [9.17, 15) is 14.9 Å². The highest BCUT2D eigenvalue weighted by atomic mass is 16.6. The number of nitrogens with one attached hydrogen (secondary N) is 2. The lowest BCUT2D eigenvalue weighted by molar-refractivity contribution is -0.391. The summed E-state index contributed by atoms with van der Waals surface area (Å²) in [7, 11) is 1.46. The second kappa shape index (κ2) is 4.65. The van der Waals surface area contributed by atoms with Crippen LogP contribution in [0.4, 0.5) is 5.82 Å². The van der Waals surface area contributed by atoms with Crippen LogP contribution in [0.2, 0.25) is 0 Å². The molecule has 9 heteroatoms. The van der Waals surface area contributed by atoms with E-state index >= 15 is 0 Å². The molecular weight excluding hydrogens is 240 g/mol. The van der Waals surface area contributed by atoms with Crippen LogP contribution in [0.15, 0.2) is 18.5 Å². The summed E-state index contributed by atoms with van der Waals surface area (Å²) in [5.74, 6) is -0.0473. The summed E-state index contributed by atoms with van der Waals surface area (Å²) in [5.41, 5.74) is 0.209. The number of rotatable bonds is 4. The fraction of sp³-hybridized carbons (Fsp3) is 0.222. The number of aromatic nitrogens is 4. The van der Waals surface area contributed by atoms with Crippen molar-refractivity contribution in [2.24, 2.45) is 7.05 Å². The third kappa shape index (κ3) is 2.19. The number of carbonyl (C=O) groups excluding carboxylic acids is 1. The van der Waals surface area contributed by atoms with Crippen molar-refractivity contribution in [2.75, 3.05) is 0 Å². The van der Waals surface area contributed by atoms with Crippen LogP contribution >= 0.6 is 0 Å². The van der Waals surface area contributed by atoms with Gasteiger partial charge in [-0.25, -0.2) is 9.55 Å². The van der Waals surface area contributed by atoms with E-state index in [2.05, 4.69) is 20.5 Å². The zero-order valence-electron chi connectivity index (χ0n) is 9.45. The highest BCUT2D eigenvalue weighted by Gasteiger charge is 2.20. The van der Waals surface area contributed by atoms with Gasteiger partial charge < -0.3 is 15.4 Å². The van der Waals surface area contributed by atoms with E-state index in [1.54, 1.807) is 0 Å². The minimum Gasteiger partial charge on any atom is -0.358 e. The molecule has 1 amide bonds. The molecule has 2 rings (SSSR count). The van der Waals surface area contributed by atoms with Gasteiger partial charge in [0.2, 0.25) is 0 Å². The third-order valence-corrected chi connectivity index (χ3v) is 2.40. The predicted molar refractivity (Wildman–Crippen MR) is 59.6 cm³/mol. The lowest BCUT2D eigenvalue weighted by Gasteiger charge is -2.01. The first-order valence-electron chi connectivity index (χ1n) is 5.02. The van der Waals surface area contributed by atoms with Crippen LogP contribution < -0.4 is 5.32 Å². The lowest BCUT2D eigenvalue weighted by atomic mass is 10.4. The van der Waals surface area contributed by atoms with E-state index in [4.69, 9.17) is 0 Å². The number of H-pyrrole nitrogens is 1. The first kappa shape index (κ1) is 11.8. The Morgan fingerprint density at radius 1 is 1.61 bits per heavy atom. The van der Waals surface area contributed by atoms with Gasteiger partial charge in [-0.1, -0.05) is 0 Å². The molecule has 0 atom stereocenters. The fourth-order valence-corrected chi connectivity index (χ4v) is 1.48. The van der Waals surface area contributed by atoms with Crippen LogP contribution in [-0.2, 0) is 13.6 Å². The number of hydrogen-bond donors (Lipinski definition) is 2. The van der Waals surface area contributed by atoms with Crippen molar-refractivity contribution in [1.82, 2.24) is 25.1 Å². The van der Waals surface area contributed by atoms with Crippen molar-refractivity contribution in [3.63, 3.8) is 0 Å². The van der Waals surface area contributed by atoms with Crippen LogP contribution in [0.25, 0.3) is 0 Å². The van der Waals surface area contributed by atoms with Crippen molar-refractivity contribution >= 4 is 11.7 Å². The van der Waals surface area contributed by atoms with Crippen LogP contribution in [0.3, 0.4) is 0 Å². The molecule has 0 fully saturated rings. The summed E-state index contributed by atoms with van der Waals surface area (Å²) in [5, 5.41) is 19.4. The second-order valence-corrected chi connectivity index (χ2v) is 3.51. The maximum Gasteiger partial charge on any atom is 0.323 e. The number of nitro groups is 1. The Morgan fingerprint density at radius 3 is 2.94 bits per heavy atom. The van der Waals surface area contributed by atoms with Crippen molar-refractivity contribution in [3.05, 3.63) is 40.1 Å². The molecule has 94 valence electrons. The van der Waals surface area contributed by atoms with Gasteiger partial charge in [0.25, 0.3) is 5.91 Å². The standard InChI is InChI=1S/C9H10N6O3/c1-14-6(2-3-8(14)15(17)18)9(16)10-4-7-11-5-12-13-7/h2-3,5H,4H2,1H3,(H,10,16)(H,11,12,13). The minimum absolute atomic E-state index is 0.139. The molecule has 0 aliphatic rings. The van der Waals surface area contributed by atoms with E-state index in [1.807, 2.05) is 0 Å². The summed E-state index contributed by atoms with van der Waals surface area (Å²) >= 11 is 0. The number of hydrogen-bond acceptors (Lipinski definition) is 5. The smallest absolute Gasteiger partial charge is 0.323 e. The summed E-state index contributed by atoms with van der Waals surface area (Å²) in [6, 6.07) is 2.68. The Kier molecular flexibility index (Phi) is 3.04. The topological polar surface area (TPSA) is 119 Å². The van der Waals surface area contributed by atoms with Crippen LogP contribution in [-0.4, -0.2) is 30.6 Å². The monoisotopic (exact) mass is 250 g/mol. The van der Waals surface area contributed by atoms with Crippen molar-refractivity contribution < 1.29 is 9.72 Å². The summed E-state index contributed by atoms with van der Waals surface area (Å²) in [4.78, 5) is 25.7. The highest BCUT2D eigenvalue weighted by molar-refractivity contribution is 5.93. The second-order valence-electron chi connectivity index (χ2n) is 3.51. The summed E-state index contributed by atoms with van der Waals surface area (Å²) in [6.07, 6.45) is 1.33. The molecule has 2 aromatic rings. The van der Waals surface area contributed by atoms with Crippen LogP contribution in [0, 0.1) is 10.1 Å². The molecule has 18 heavy (non-hydrogen) atoms. The molecule has 0 saturated carbocycles. The number of amides is 1. The Labute approximate surface area is 101 Å². The van der Waals surface area contributed by atoms with Crippen LogP contribution in [0.5, 0.6) is 0 Å². The summed E-state index contributed by atoms with van der Waals surface area (Å²) in [6.45, 7) is 0.178. The Bertz CT molecular complexity index is 573. The minimum atomic E-state index is -0.548. The molecule has 2 N–H and O–H groups in total. The SMILES string of the molecule is Cn1c(C(=O)NCc2ncn[nH]2)ccc1[N+](=O)[O-]. The Morgan fingerprint density at radius 2 is 2.39 bits per heavy atom. The normalized spacial score (nSPS) is 10.3. The van der Waals surface area contributed by atoms with E-state index in [0.717, 1.165) is 0 Å². The molecule has 0 aromatic carbocycles. The fourth-order valence-electron chi connectivity index (χ4n) is 1.48. The van der Waals surface area contributed by atoms with Crippen molar-refractivity contribution in [3.8, 4) is 0 Å². The van der Waals surface area contributed by atoms with Gasteiger partial charge in [0, 0.05) is 6.07 Å². The van der Waals surface area contributed by atoms with Crippen molar-refractivity contribution in [2.45, 2.75) is 6.54 Å². The van der Waals surface area contributed by atoms with Gasteiger partial charge in [-0.05, 0) is 11.0 Å². The molecule has 2 heterocycles. The molecule has 0 radical (unpaired) electrons. The van der Waals surface area contributed by atoms with Crippen LogP contribution in [0.1, 0.15) is 16.3 Å². The third-order valence-electron chi connectivity index (χ3n) is 2.40. The van der Waals surface area contributed by atoms with Gasteiger partial charge in [0.15, 0.2) is 5.69 Å².